The Morgan fingerprint density at radius 3 is 2.70 bits per heavy atom. The van der Waals surface area contributed by atoms with Gasteiger partial charge < -0.3 is 5.11 Å². The molecule has 0 aliphatic heterocycles. The van der Waals surface area contributed by atoms with Crippen LogP contribution in [0.4, 0.5) is 4.39 Å². The van der Waals surface area contributed by atoms with E-state index in [1.807, 2.05) is 31.2 Å². The second-order valence-corrected chi connectivity index (χ2v) is 6.65. The molecule has 0 saturated carbocycles. The summed E-state index contributed by atoms with van der Waals surface area (Å²) in [6, 6.07) is 13.0. The maximum absolute atomic E-state index is 13.7. The standard InChI is InChI=1S/C16H16BrFOS/c1-11-4-2-3-5-16(11)20-10-14(19)8-12-6-7-13(17)9-15(12)18/h2-7,9,14,19H,8,10H2,1H3. The minimum Gasteiger partial charge on any atom is -0.392 e. The van der Waals surface area contributed by atoms with Gasteiger partial charge in [-0.2, -0.15) is 0 Å². The molecule has 1 unspecified atom stereocenters. The van der Waals surface area contributed by atoms with Crippen molar-refractivity contribution in [2.24, 2.45) is 0 Å². The van der Waals surface area contributed by atoms with Gasteiger partial charge in [0.15, 0.2) is 0 Å². The summed E-state index contributed by atoms with van der Waals surface area (Å²) in [4.78, 5) is 1.16. The molecule has 0 saturated heterocycles. The molecule has 0 bridgehead atoms. The molecule has 1 nitrogen and oxygen atoms in total. The minimum absolute atomic E-state index is 0.278. The lowest BCUT2D eigenvalue weighted by molar-refractivity contribution is 0.198. The van der Waals surface area contributed by atoms with Crippen LogP contribution in [0.1, 0.15) is 11.1 Å². The predicted molar refractivity (Wildman–Crippen MR) is 85.7 cm³/mol. The van der Waals surface area contributed by atoms with E-state index < -0.39 is 6.10 Å². The van der Waals surface area contributed by atoms with Gasteiger partial charge in [-0.3, -0.25) is 0 Å². The molecule has 0 heterocycles. The van der Waals surface area contributed by atoms with Gasteiger partial charge in [0.2, 0.25) is 0 Å². The summed E-state index contributed by atoms with van der Waals surface area (Å²) < 4.78 is 14.4. The Morgan fingerprint density at radius 1 is 1.25 bits per heavy atom. The van der Waals surface area contributed by atoms with Gasteiger partial charge in [-0.05, 0) is 36.2 Å². The number of aliphatic hydroxyl groups is 1. The fraction of sp³-hybridized carbons (Fsp3) is 0.250. The van der Waals surface area contributed by atoms with E-state index in [0.29, 0.717) is 22.2 Å². The highest BCUT2D eigenvalue weighted by Crippen LogP contribution is 2.24. The van der Waals surface area contributed by atoms with Gasteiger partial charge >= 0.3 is 0 Å². The van der Waals surface area contributed by atoms with E-state index in [1.165, 1.54) is 11.6 Å². The Labute approximate surface area is 131 Å². The third-order valence-corrected chi connectivity index (χ3v) is 4.81. The van der Waals surface area contributed by atoms with Crippen molar-refractivity contribution in [2.45, 2.75) is 24.3 Å². The van der Waals surface area contributed by atoms with Gasteiger partial charge in [0.25, 0.3) is 0 Å². The zero-order valence-corrected chi connectivity index (χ0v) is 13.5. The van der Waals surface area contributed by atoms with Crippen molar-refractivity contribution in [1.82, 2.24) is 0 Å². The first-order valence-corrected chi connectivity index (χ1v) is 8.14. The zero-order chi connectivity index (χ0) is 14.5. The van der Waals surface area contributed by atoms with Crippen LogP contribution in [0.5, 0.6) is 0 Å². The Morgan fingerprint density at radius 2 is 2.00 bits per heavy atom. The topological polar surface area (TPSA) is 20.2 Å². The van der Waals surface area contributed by atoms with E-state index in [1.54, 1.807) is 23.9 Å². The lowest BCUT2D eigenvalue weighted by atomic mass is 10.1. The largest absolute Gasteiger partial charge is 0.392 e. The molecule has 2 aromatic rings. The highest BCUT2D eigenvalue weighted by atomic mass is 79.9. The van der Waals surface area contributed by atoms with Crippen molar-refractivity contribution in [3.05, 3.63) is 63.9 Å². The summed E-state index contributed by atoms with van der Waals surface area (Å²) in [5.74, 6) is 0.277. The van der Waals surface area contributed by atoms with Crippen molar-refractivity contribution >= 4 is 27.7 Å². The van der Waals surface area contributed by atoms with Gasteiger partial charge in [-0.1, -0.05) is 40.2 Å². The van der Waals surface area contributed by atoms with E-state index in [2.05, 4.69) is 15.9 Å². The fourth-order valence-electron chi connectivity index (χ4n) is 1.90. The number of aryl methyl sites for hydroxylation is 1. The van der Waals surface area contributed by atoms with Gasteiger partial charge in [-0.15, -0.1) is 11.8 Å². The van der Waals surface area contributed by atoms with Crippen LogP contribution in [0.25, 0.3) is 0 Å². The van der Waals surface area contributed by atoms with E-state index in [9.17, 15) is 9.50 Å². The van der Waals surface area contributed by atoms with Crippen molar-refractivity contribution < 1.29 is 9.50 Å². The Bertz CT molecular complexity index is 588. The number of benzene rings is 2. The average Bonchev–Trinajstić information content (AvgIpc) is 2.41. The summed E-state index contributed by atoms with van der Waals surface area (Å²) in [6.07, 6.45) is -0.229. The molecule has 0 aromatic heterocycles. The molecule has 1 N–H and O–H groups in total. The molecule has 0 radical (unpaired) electrons. The molecule has 20 heavy (non-hydrogen) atoms. The highest BCUT2D eigenvalue weighted by molar-refractivity contribution is 9.10. The van der Waals surface area contributed by atoms with Crippen LogP contribution in [0.3, 0.4) is 0 Å². The lowest BCUT2D eigenvalue weighted by Crippen LogP contribution is -2.14. The Kier molecular flexibility index (Phi) is 5.64. The lowest BCUT2D eigenvalue weighted by Gasteiger charge is -2.12. The Hall–Kier alpha value is -0.840. The van der Waals surface area contributed by atoms with Crippen LogP contribution in [0.2, 0.25) is 0 Å². The number of hydrogen-bond acceptors (Lipinski definition) is 2. The average molecular weight is 355 g/mol. The van der Waals surface area contributed by atoms with Gasteiger partial charge in [0, 0.05) is 21.5 Å². The van der Waals surface area contributed by atoms with Gasteiger partial charge in [-0.25, -0.2) is 4.39 Å². The summed E-state index contributed by atoms with van der Waals surface area (Å²) in [7, 11) is 0. The molecule has 1 atom stereocenters. The maximum Gasteiger partial charge on any atom is 0.127 e. The fourth-order valence-corrected chi connectivity index (χ4v) is 3.20. The van der Waals surface area contributed by atoms with Crippen LogP contribution in [0.15, 0.2) is 51.8 Å². The van der Waals surface area contributed by atoms with Crippen LogP contribution >= 0.6 is 27.7 Å². The number of rotatable bonds is 5. The SMILES string of the molecule is Cc1ccccc1SCC(O)Cc1ccc(Br)cc1F. The number of thioether (sulfide) groups is 1. The third kappa shape index (κ3) is 4.33. The minimum atomic E-state index is -0.560. The summed E-state index contributed by atoms with van der Waals surface area (Å²) >= 11 is 4.83. The first-order chi connectivity index (χ1) is 9.56. The predicted octanol–water partition coefficient (Wildman–Crippen LogP) is 4.59. The summed E-state index contributed by atoms with van der Waals surface area (Å²) in [5.41, 5.74) is 1.74. The van der Waals surface area contributed by atoms with E-state index >= 15 is 0 Å². The normalized spacial score (nSPS) is 12.4. The maximum atomic E-state index is 13.7. The van der Waals surface area contributed by atoms with Crippen molar-refractivity contribution in [3.63, 3.8) is 0 Å². The summed E-state index contributed by atoms with van der Waals surface area (Å²) in [5, 5.41) is 10.0. The van der Waals surface area contributed by atoms with Crippen molar-refractivity contribution in [2.75, 3.05) is 5.75 Å². The van der Waals surface area contributed by atoms with Gasteiger partial charge in [0.05, 0.1) is 6.10 Å². The van der Waals surface area contributed by atoms with Crippen molar-refractivity contribution in [3.8, 4) is 0 Å². The molecular formula is C16H16BrFOS. The Balaban J connectivity index is 1.92. The summed E-state index contributed by atoms with van der Waals surface area (Å²) in [6.45, 7) is 2.04. The van der Waals surface area contributed by atoms with E-state index in [-0.39, 0.29) is 5.82 Å². The second-order valence-electron chi connectivity index (χ2n) is 4.67. The number of aliphatic hydroxyl groups excluding tert-OH is 1. The molecule has 106 valence electrons. The number of halogens is 2. The van der Waals surface area contributed by atoms with E-state index in [4.69, 9.17) is 0 Å². The third-order valence-electron chi connectivity index (χ3n) is 3.00. The van der Waals surface area contributed by atoms with Crippen LogP contribution < -0.4 is 0 Å². The molecule has 2 rings (SSSR count). The van der Waals surface area contributed by atoms with Gasteiger partial charge in [0.1, 0.15) is 5.82 Å². The first-order valence-electron chi connectivity index (χ1n) is 6.36. The second kappa shape index (κ2) is 7.25. The first kappa shape index (κ1) is 15.5. The van der Waals surface area contributed by atoms with Crippen LogP contribution in [0, 0.1) is 12.7 Å². The van der Waals surface area contributed by atoms with Crippen LogP contribution in [-0.4, -0.2) is 17.0 Å². The van der Waals surface area contributed by atoms with Crippen LogP contribution in [-0.2, 0) is 6.42 Å². The molecule has 2 aromatic carbocycles. The number of hydrogen-bond donors (Lipinski definition) is 1. The molecule has 4 heteroatoms. The molecule has 0 aliphatic carbocycles. The zero-order valence-electron chi connectivity index (χ0n) is 11.1. The molecule has 0 spiro atoms. The quantitative estimate of drug-likeness (QED) is 0.792. The molecular weight excluding hydrogens is 339 g/mol. The highest BCUT2D eigenvalue weighted by Gasteiger charge is 2.11. The smallest absolute Gasteiger partial charge is 0.127 e. The molecule has 0 aliphatic rings. The van der Waals surface area contributed by atoms with Crippen molar-refractivity contribution in [1.29, 1.82) is 0 Å². The van der Waals surface area contributed by atoms with E-state index in [0.717, 1.165) is 4.90 Å². The monoisotopic (exact) mass is 354 g/mol. The molecule has 0 amide bonds. The molecule has 0 fully saturated rings.